The Morgan fingerprint density at radius 1 is 1.14 bits per heavy atom. The number of ketones is 1. The van der Waals surface area contributed by atoms with Crippen LogP contribution in [0.15, 0.2) is 51.6 Å². The van der Waals surface area contributed by atoms with Crippen LogP contribution in [0, 0.1) is 0 Å². The molecule has 3 heteroatoms. The summed E-state index contributed by atoms with van der Waals surface area (Å²) in [7, 11) is 0. The van der Waals surface area contributed by atoms with Crippen LogP contribution in [0.5, 0.6) is 0 Å². The smallest absolute Gasteiger partial charge is 0.229 e. The second-order valence-electron chi connectivity index (χ2n) is 2.79. The first-order chi connectivity index (χ1) is 6.79. The lowest BCUT2D eigenvalue weighted by atomic mass is 10.1. The Bertz CT molecular complexity index is 446. The standard InChI is InChI=1S/C11H7BrO2/c12-9-5-2-1-4-8(9)11(13)10-6-3-7-14-10/h1-7H. The third kappa shape index (κ3) is 1.63. The van der Waals surface area contributed by atoms with Gasteiger partial charge in [0.1, 0.15) is 0 Å². The van der Waals surface area contributed by atoms with Crippen molar-refractivity contribution < 1.29 is 9.21 Å². The molecule has 2 rings (SSSR count). The molecule has 0 atom stereocenters. The van der Waals surface area contributed by atoms with Gasteiger partial charge in [-0.3, -0.25) is 4.79 Å². The number of carbonyl (C=O) groups is 1. The Morgan fingerprint density at radius 3 is 2.57 bits per heavy atom. The Balaban J connectivity index is 2.42. The van der Waals surface area contributed by atoms with Crippen molar-refractivity contribution in [2.45, 2.75) is 0 Å². The first-order valence-corrected chi connectivity index (χ1v) is 4.91. The number of furan rings is 1. The Labute approximate surface area is 89.7 Å². The van der Waals surface area contributed by atoms with Crippen molar-refractivity contribution in [3.05, 3.63) is 58.5 Å². The van der Waals surface area contributed by atoms with Crippen molar-refractivity contribution in [2.24, 2.45) is 0 Å². The SMILES string of the molecule is O=C(c1ccco1)c1ccccc1Br. The second kappa shape index (κ2) is 3.80. The highest BCUT2D eigenvalue weighted by molar-refractivity contribution is 9.10. The topological polar surface area (TPSA) is 30.2 Å². The van der Waals surface area contributed by atoms with Gasteiger partial charge in [0, 0.05) is 10.0 Å². The largest absolute Gasteiger partial charge is 0.461 e. The van der Waals surface area contributed by atoms with E-state index in [2.05, 4.69) is 15.9 Å². The fraction of sp³-hybridized carbons (Fsp3) is 0. The van der Waals surface area contributed by atoms with E-state index < -0.39 is 0 Å². The Morgan fingerprint density at radius 2 is 1.93 bits per heavy atom. The van der Waals surface area contributed by atoms with Crippen molar-refractivity contribution in [3.8, 4) is 0 Å². The van der Waals surface area contributed by atoms with E-state index in [-0.39, 0.29) is 5.78 Å². The third-order valence-corrected chi connectivity index (χ3v) is 2.55. The van der Waals surface area contributed by atoms with Crippen LogP contribution in [0.2, 0.25) is 0 Å². The molecule has 0 aliphatic carbocycles. The molecule has 0 unspecified atom stereocenters. The lowest BCUT2D eigenvalue weighted by molar-refractivity contribution is 0.101. The molecular formula is C11H7BrO2. The van der Waals surface area contributed by atoms with E-state index in [4.69, 9.17) is 4.42 Å². The quantitative estimate of drug-likeness (QED) is 0.766. The zero-order valence-electron chi connectivity index (χ0n) is 7.24. The molecule has 70 valence electrons. The molecular weight excluding hydrogens is 244 g/mol. The van der Waals surface area contributed by atoms with Gasteiger partial charge in [0.25, 0.3) is 0 Å². The number of hydrogen-bond acceptors (Lipinski definition) is 2. The highest BCUT2D eigenvalue weighted by Gasteiger charge is 2.13. The maximum atomic E-state index is 11.8. The summed E-state index contributed by atoms with van der Waals surface area (Å²) in [5.74, 6) is 0.249. The summed E-state index contributed by atoms with van der Waals surface area (Å²) in [5.41, 5.74) is 0.613. The Kier molecular flexibility index (Phi) is 2.50. The average Bonchev–Trinajstić information content (AvgIpc) is 2.70. The molecule has 0 N–H and O–H groups in total. The van der Waals surface area contributed by atoms with Crippen LogP contribution >= 0.6 is 15.9 Å². The fourth-order valence-electron chi connectivity index (χ4n) is 1.19. The minimum Gasteiger partial charge on any atom is -0.461 e. The predicted molar refractivity (Wildman–Crippen MR) is 56.3 cm³/mol. The molecule has 0 radical (unpaired) electrons. The van der Waals surface area contributed by atoms with Crippen molar-refractivity contribution in [1.82, 2.24) is 0 Å². The van der Waals surface area contributed by atoms with Crippen LogP contribution < -0.4 is 0 Å². The summed E-state index contributed by atoms with van der Waals surface area (Å²) >= 11 is 3.32. The van der Waals surface area contributed by atoms with Crippen molar-refractivity contribution in [2.75, 3.05) is 0 Å². The van der Waals surface area contributed by atoms with E-state index in [0.717, 1.165) is 4.47 Å². The van der Waals surface area contributed by atoms with Crippen molar-refractivity contribution >= 4 is 21.7 Å². The van der Waals surface area contributed by atoms with Crippen molar-refractivity contribution in [1.29, 1.82) is 0 Å². The molecule has 0 bridgehead atoms. The number of carbonyl (C=O) groups excluding carboxylic acids is 1. The lowest BCUT2D eigenvalue weighted by Crippen LogP contribution is -1.99. The molecule has 0 saturated carbocycles. The van der Waals surface area contributed by atoms with E-state index >= 15 is 0 Å². The van der Waals surface area contributed by atoms with Crippen LogP contribution in [0.25, 0.3) is 0 Å². The van der Waals surface area contributed by atoms with E-state index in [1.807, 2.05) is 18.2 Å². The number of hydrogen-bond donors (Lipinski definition) is 0. The van der Waals surface area contributed by atoms with Gasteiger partial charge < -0.3 is 4.42 Å². The molecule has 0 aliphatic heterocycles. The summed E-state index contributed by atoms with van der Waals surface area (Å²) < 4.78 is 5.81. The van der Waals surface area contributed by atoms with Crippen LogP contribution in [0.3, 0.4) is 0 Å². The Hall–Kier alpha value is -1.35. The molecule has 1 aromatic carbocycles. The van der Waals surface area contributed by atoms with E-state index in [9.17, 15) is 4.79 Å². The lowest BCUT2D eigenvalue weighted by Gasteiger charge is -1.99. The highest BCUT2D eigenvalue weighted by atomic mass is 79.9. The molecule has 2 aromatic rings. The number of halogens is 1. The zero-order valence-corrected chi connectivity index (χ0v) is 8.82. The minimum atomic E-state index is -0.109. The van der Waals surface area contributed by atoms with Crippen LogP contribution in [-0.4, -0.2) is 5.78 Å². The van der Waals surface area contributed by atoms with Gasteiger partial charge in [-0.05, 0) is 24.3 Å². The van der Waals surface area contributed by atoms with Gasteiger partial charge in [-0.2, -0.15) is 0 Å². The monoisotopic (exact) mass is 250 g/mol. The molecule has 0 fully saturated rings. The molecule has 14 heavy (non-hydrogen) atoms. The van der Waals surface area contributed by atoms with Gasteiger partial charge in [-0.25, -0.2) is 0 Å². The van der Waals surface area contributed by atoms with Crippen LogP contribution in [0.1, 0.15) is 16.1 Å². The van der Waals surface area contributed by atoms with E-state index in [1.165, 1.54) is 6.26 Å². The van der Waals surface area contributed by atoms with Gasteiger partial charge in [0.15, 0.2) is 5.76 Å². The highest BCUT2D eigenvalue weighted by Crippen LogP contribution is 2.19. The molecule has 2 nitrogen and oxygen atoms in total. The second-order valence-corrected chi connectivity index (χ2v) is 3.64. The van der Waals surface area contributed by atoms with Gasteiger partial charge in [-0.15, -0.1) is 0 Å². The molecule has 1 heterocycles. The van der Waals surface area contributed by atoms with Crippen molar-refractivity contribution in [3.63, 3.8) is 0 Å². The molecule has 0 spiro atoms. The summed E-state index contributed by atoms with van der Waals surface area (Å²) in [6, 6.07) is 10.6. The maximum absolute atomic E-state index is 11.8. The van der Waals surface area contributed by atoms with Crippen LogP contribution in [0.4, 0.5) is 0 Å². The predicted octanol–water partition coefficient (Wildman–Crippen LogP) is 3.27. The molecule has 0 amide bonds. The third-order valence-electron chi connectivity index (χ3n) is 1.86. The summed E-state index contributed by atoms with van der Waals surface area (Å²) in [5, 5.41) is 0. The molecule has 0 aliphatic rings. The van der Waals surface area contributed by atoms with E-state index in [1.54, 1.807) is 18.2 Å². The average molecular weight is 251 g/mol. The van der Waals surface area contributed by atoms with E-state index in [0.29, 0.717) is 11.3 Å². The zero-order chi connectivity index (χ0) is 9.97. The first kappa shape index (κ1) is 9.21. The van der Waals surface area contributed by atoms with Gasteiger partial charge in [-0.1, -0.05) is 28.1 Å². The normalized spacial score (nSPS) is 10.1. The minimum absolute atomic E-state index is 0.109. The van der Waals surface area contributed by atoms with Gasteiger partial charge in [0.05, 0.1) is 6.26 Å². The summed E-state index contributed by atoms with van der Waals surface area (Å²) in [4.78, 5) is 11.8. The van der Waals surface area contributed by atoms with Gasteiger partial charge >= 0.3 is 0 Å². The van der Waals surface area contributed by atoms with Crippen LogP contribution in [-0.2, 0) is 0 Å². The maximum Gasteiger partial charge on any atom is 0.229 e. The van der Waals surface area contributed by atoms with Gasteiger partial charge in [0.2, 0.25) is 5.78 Å². The molecule has 1 aromatic heterocycles. The number of benzene rings is 1. The molecule has 0 saturated heterocycles. The number of rotatable bonds is 2. The summed E-state index contributed by atoms with van der Waals surface area (Å²) in [6.07, 6.45) is 1.49. The summed E-state index contributed by atoms with van der Waals surface area (Å²) in [6.45, 7) is 0. The first-order valence-electron chi connectivity index (χ1n) is 4.12. The fourth-order valence-corrected chi connectivity index (χ4v) is 1.65.